The number of methoxy groups -OCH3 is 1. The molecule has 0 spiro atoms. The van der Waals surface area contributed by atoms with Crippen LogP contribution in [0.4, 0.5) is 16.2 Å². The van der Waals surface area contributed by atoms with Gasteiger partial charge >= 0.3 is 6.03 Å². The summed E-state index contributed by atoms with van der Waals surface area (Å²) >= 11 is 0. The van der Waals surface area contributed by atoms with Crippen molar-refractivity contribution in [1.29, 1.82) is 0 Å². The van der Waals surface area contributed by atoms with Crippen LogP contribution in [0.5, 0.6) is 5.75 Å². The second kappa shape index (κ2) is 18.1. The highest BCUT2D eigenvalue weighted by Crippen LogP contribution is 2.35. The quantitative estimate of drug-likeness (QED) is 0.0761. The Kier molecular flexibility index (Phi) is 12.7. The molecule has 0 aliphatic carbocycles. The summed E-state index contributed by atoms with van der Waals surface area (Å²) in [5, 5.41) is 22.4. The molecule has 5 amide bonds. The number of benzene rings is 5. The van der Waals surface area contributed by atoms with Crippen LogP contribution in [0.25, 0.3) is 10.8 Å². The number of nitro benzene ring substituents is 1. The summed E-state index contributed by atoms with van der Waals surface area (Å²) in [5.74, 6) is -0.605. The molecule has 0 fully saturated rings. The minimum Gasteiger partial charge on any atom is -0.497 e. The van der Waals surface area contributed by atoms with Crippen molar-refractivity contribution in [2.75, 3.05) is 18.6 Å². The number of hydrogen-bond acceptors (Lipinski definition) is 7. The van der Waals surface area contributed by atoms with Gasteiger partial charge in [0.1, 0.15) is 11.8 Å². The lowest BCUT2D eigenvalue weighted by Gasteiger charge is -2.36. The minimum absolute atomic E-state index is 0.0491. The van der Waals surface area contributed by atoms with Gasteiger partial charge in [-0.15, -0.1) is 0 Å². The van der Waals surface area contributed by atoms with Crippen molar-refractivity contribution in [1.82, 2.24) is 20.9 Å². The minimum atomic E-state index is -1.07. The predicted molar refractivity (Wildman–Crippen MR) is 226 cm³/mol. The van der Waals surface area contributed by atoms with E-state index in [1.807, 2.05) is 93.6 Å². The molecule has 59 heavy (non-hydrogen) atoms. The lowest BCUT2D eigenvalue weighted by Crippen LogP contribution is -2.50. The van der Waals surface area contributed by atoms with E-state index in [-0.39, 0.29) is 49.0 Å². The highest BCUT2D eigenvalue weighted by molar-refractivity contribution is 6.03. The zero-order valence-corrected chi connectivity index (χ0v) is 33.7. The summed E-state index contributed by atoms with van der Waals surface area (Å²) < 4.78 is 5.39. The highest BCUT2D eigenvalue weighted by Gasteiger charge is 2.37. The van der Waals surface area contributed by atoms with E-state index in [4.69, 9.17) is 4.74 Å². The number of ether oxygens (including phenoxy) is 1. The van der Waals surface area contributed by atoms with E-state index in [9.17, 15) is 29.3 Å². The van der Waals surface area contributed by atoms with Gasteiger partial charge in [-0.05, 0) is 85.8 Å². The number of rotatable bonds is 14. The normalized spacial score (nSPS) is 14.6. The van der Waals surface area contributed by atoms with Gasteiger partial charge in [0, 0.05) is 48.6 Å². The molecule has 5 aromatic carbocycles. The Morgan fingerprint density at radius 2 is 1.59 bits per heavy atom. The molecule has 0 saturated carbocycles. The second-order valence-electron chi connectivity index (χ2n) is 15.4. The molecule has 0 saturated heterocycles. The van der Waals surface area contributed by atoms with Crippen LogP contribution in [-0.4, -0.2) is 52.8 Å². The molecule has 1 aliphatic heterocycles. The number of nitrogens with one attached hydrogen (secondary N) is 3. The molecular formula is C46H48N6O7. The molecule has 2 atom stereocenters. The number of nitro groups is 1. The first kappa shape index (κ1) is 41.6. The molecule has 304 valence electrons. The van der Waals surface area contributed by atoms with Crippen LogP contribution < -0.4 is 25.6 Å². The van der Waals surface area contributed by atoms with E-state index in [0.717, 1.165) is 16.3 Å². The Bertz CT molecular complexity index is 2390. The van der Waals surface area contributed by atoms with Gasteiger partial charge in [-0.3, -0.25) is 34.3 Å². The van der Waals surface area contributed by atoms with Crippen molar-refractivity contribution in [3.05, 3.63) is 159 Å². The van der Waals surface area contributed by atoms with E-state index in [1.54, 1.807) is 44.4 Å². The topological polar surface area (TPSA) is 163 Å². The number of fused-ring (bicyclic) bond motifs is 1. The third-order valence-corrected chi connectivity index (χ3v) is 10.0. The molecule has 1 heterocycles. The molecular weight excluding hydrogens is 749 g/mol. The van der Waals surface area contributed by atoms with Crippen molar-refractivity contribution in [2.24, 2.45) is 0 Å². The molecule has 5 aromatic rings. The molecule has 3 N–H and O–H groups in total. The maximum absolute atomic E-state index is 14.7. The summed E-state index contributed by atoms with van der Waals surface area (Å²) in [6, 6.07) is 33.0. The van der Waals surface area contributed by atoms with E-state index in [0.29, 0.717) is 28.3 Å². The summed E-state index contributed by atoms with van der Waals surface area (Å²) in [5.41, 5.74) is 2.08. The van der Waals surface area contributed by atoms with E-state index in [1.165, 1.54) is 28.0 Å². The van der Waals surface area contributed by atoms with Crippen LogP contribution in [0.1, 0.15) is 69.3 Å². The molecule has 13 heteroatoms. The monoisotopic (exact) mass is 796 g/mol. The van der Waals surface area contributed by atoms with Crippen molar-refractivity contribution in [3.8, 4) is 5.75 Å². The van der Waals surface area contributed by atoms with Gasteiger partial charge in [0.15, 0.2) is 0 Å². The maximum Gasteiger partial charge on any atom is 0.322 e. The van der Waals surface area contributed by atoms with Gasteiger partial charge in [-0.1, -0.05) is 84.9 Å². The summed E-state index contributed by atoms with van der Waals surface area (Å²) in [6.45, 7) is 7.53. The first-order valence-corrected chi connectivity index (χ1v) is 19.4. The molecule has 0 bridgehead atoms. The standard InChI is InChI=1S/C46H48N6O7/c1-30-40(43(54)47-29-31-13-7-6-8-14-31)41(35-17-11-18-37(28-35)52(57)58)48-45(56)50(30)26-12-19-39(53)51(36-23-20-32-15-9-10-16-34(32)27-36)42(44(55)49-46(2,3)4)33-21-24-38(59-5)25-22-33/h6-11,13-18,20-25,27-28,41-42H,12,19,26,29H2,1-5H3,(H,47,54)(H,48,56)(H,49,55). The number of carbonyl (C=O) groups is 4. The van der Waals surface area contributed by atoms with Gasteiger partial charge in [0.2, 0.25) is 11.8 Å². The summed E-state index contributed by atoms with van der Waals surface area (Å²) in [4.78, 5) is 70.8. The maximum atomic E-state index is 14.7. The fourth-order valence-corrected chi connectivity index (χ4v) is 7.20. The Balaban J connectivity index is 1.32. The Morgan fingerprint density at radius 1 is 0.898 bits per heavy atom. The van der Waals surface area contributed by atoms with Gasteiger partial charge in [-0.25, -0.2) is 4.79 Å². The SMILES string of the molecule is COc1ccc(C(C(=O)NC(C)(C)C)N(C(=O)CCCN2C(=O)NC(c3cccc([N+](=O)[O-])c3)C(C(=O)NCc3ccccc3)=C2C)c2ccc3ccccc3c2)cc1. The van der Waals surface area contributed by atoms with Gasteiger partial charge in [-0.2, -0.15) is 0 Å². The molecule has 0 radical (unpaired) electrons. The molecule has 13 nitrogen and oxygen atoms in total. The molecule has 0 aromatic heterocycles. The van der Waals surface area contributed by atoms with Crippen LogP contribution in [0.3, 0.4) is 0 Å². The van der Waals surface area contributed by atoms with Crippen molar-refractivity contribution >= 4 is 45.9 Å². The number of carbonyl (C=O) groups excluding carboxylic acids is 4. The first-order valence-electron chi connectivity index (χ1n) is 19.4. The van der Waals surface area contributed by atoms with E-state index < -0.39 is 34.5 Å². The van der Waals surface area contributed by atoms with Crippen LogP contribution in [0.15, 0.2) is 133 Å². The smallest absolute Gasteiger partial charge is 0.322 e. The van der Waals surface area contributed by atoms with Gasteiger partial charge < -0.3 is 20.7 Å². The van der Waals surface area contributed by atoms with Gasteiger partial charge in [0.05, 0.1) is 23.6 Å². The number of hydrogen-bond donors (Lipinski definition) is 3. The predicted octanol–water partition coefficient (Wildman–Crippen LogP) is 7.88. The summed E-state index contributed by atoms with van der Waals surface area (Å²) in [7, 11) is 1.55. The fraction of sp³-hybridized carbons (Fsp3) is 0.261. The van der Waals surface area contributed by atoms with Gasteiger partial charge in [0.25, 0.3) is 11.6 Å². The van der Waals surface area contributed by atoms with Crippen LogP contribution in [0.2, 0.25) is 0 Å². The number of allylic oxidation sites excluding steroid dienone is 1. The Labute approximate surface area is 343 Å². The molecule has 2 unspecified atom stereocenters. The number of non-ortho nitro benzene ring substituents is 1. The van der Waals surface area contributed by atoms with Crippen molar-refractivity contribution < 1.29 is 28.8 Å². The summed E-state index contributed by atoms with van der Waals surface area (Å²) in [6.07, 6.45) is 0.105. The second-order valence-corrected chi connectivity index (χ2v) is 15.4. The Morgan fingerprint density at radius 3 is 2.27 bits per heavy atom. The van der Waals surface area contributed by atoms with E-state index >= 15 is 0 Å². The lowest BCUT2D eigenvalue weighted by molar-refractivity contribution is -0.384. The largest absolute Gasteiger partial charge is 0.497 e. The first-order chi connectivity index (χ1) is 28.2. The number of nitrogens with zero attached hydrogens (tertiary/aromatic N) is 3. The van der Waals surface area contributed by atoms with Crippen molar-refractivity contribution in [2.45, 2.75) is 64.7 Å². The molecule has 6 rings (SSSR count). The number of urea groups is 1. The van der Waals surface area contributed by atoms with Crippen LogP contribution in [-0.2, 0) is 20.9 Å². The Hall–Kier alpha value is -7.02. The zero-order chi connectivity index (χ0) is 42.3. The van der Waals surface area contributed by atoms with Crippen LogP contribution >= 0.6 is 0 Å². The van der Waals surface area contributed by atoms with E-state index in [2.05, 4.69) is 16.0 Å². The number of amides is 5. The van der Waals surface area contributed by atoms with Crippen LogP contribution in [0, 0.1) is 10.1 Å². The fourth-order valence-electron chi connectivity index (χ4n) is 7.20. The lowest BCUT2D eigenvalue weighted by atomic mass is 9.93. The zero-order valence-electron chi connectivity index (χ0n) is 33.7. The number of anilines is 1. The third kappa shape index (κ3) is 9.93. The molecule has 1 aliphatic rings. The average molecular weight is 797 g/mol. The van der Waals surface area contributed by atoms with Crippen molar-refractivity contribution in [3.63, 3.8) is 0 Å². The third-order valence-electron chi connectivity index (χ3n) is 10.0. The highest BCUT2D eigenvalue weighted by atomic mass is 16.6. The average Bonchev–Trinajstić information content (AvgIpc) is 3.22.